The van der Waals surface area contributed by atoms with Crippen LogP contribution >= 0.6 is 0 Å². The minimum absolute atomic E-state index is 0.106. The van der Waals surface area contributed by atoms with E-state index in [1.807, 2.05) is 0 Å². The number of rotatable bonds is 5. The highest BCUT2D eigenvalue weighted by molar-refractivity contribution is 5.52. The molecule has 0 bridgehead atoms. The van der Waals surface area contributed by atoms with Crippen LogP contribution in [0.3, 0.4) is 0 Å². The Hall–Kier alpha value is -1.63. The molecule has 7 nitrogen and oxygen atoms in total. The summed E-state index contributed by atoms with van der Waals surface area (Å²) in [5.41, 5.74) is 0.123. The van der Waals surface area contributed by atoms with Crippen LogP contribution in [0.1, 0.15) is 19.3 Å². The maximum absolute atomic E-state index is 10.9. The van der Waals surface area contributed by atoms with Gasteiger partial charge < -0.3 is 20.3 Å². The zero-order valence-corrected chi connectivity index (χ0v) is 11.0. The van der Waals surface area contributed by atoms with Crippen molar-refractivity contribution in [2.75, 3.05) is 26.0 Å². The van der Waals surface area contributed by atoms with E-state index in [4.69, 9.17) is 0 Å². The molecular weight excluding hydrogens is 234 g/mol. The van der Waals surface area contributed by atoms with Gasteiger partial charge in [-0.25, -0.2) is 0 Å². The van der Waals surface area contributed by atoms with Gasteiger partial charge in [-0.05, 0) is 43.3 Å². The predicted octanol–water partition coefficient (Wildman–Crippen LogP) is 1.22. The summed E-state index contributed by atoms with van der Waals surface area (Å²) in [4.78, 5) is 16.4. The summed E-state index contributed by atoms with van der Waals surface area (Å²) in [5.74, 6) is 0.374. The number of hydrogen-bond donors (Lipinski definition) is 1. The third-order valence-corrected chi connectivity index (χ3v) is 3.91. The summed E-state index contributed by atoms with van der Waals surface area (Å²) in [6.07, 6.45) is 4.92. The van der Waals surface area contributed by atoms with Gasteiger partial charge in [0.05, 0.1) is 0 Å². The van der Waals surface area contributed by atoms with E-state index in [0.29, 0.717) is 12.4 Å². The smallest absolute Gasteiger partial charge is 0.362 e. The van der Waals surface area contributed by atoms with Crippen molar-refractivity contribution in [1.82, 2.24) is 14.5 Å². The number of nitro groups is 1. The molecular formula is C11H19N5O2. The van der Waals surface area contributed by atoms with Crippen molar-refractivity contribution in [1.29, 1.82) is 0 Å². The van der Waals surface area contributed by atoms with Gasteiger partial charge in [-0.2, -0.15) is 0 Å². The molecule has 0 atom stereocenters. The highest BCUT2D eigenvalue weighted by Gasteiger charge is 2.39. The Morgan fingerprint density at radius 1 is 1.61 bits per heavy atom. The van der Waals surface area contributed by atoms with E-state index in [-0.39, 0.29) is 11.4 Å². The van der Waals surface area contributed by atoms with Gasteiger partial charge in [0.15, 0.2) is 0 Å². The maximum Gasteiger partial charge on any atom is 0.406 e. The number of likely N-dealkylation sites (N-methyl/N-ethyl adjacent to an activating group) is 1. The molecule has 0 unspecified atom stereocenters. The molecule has 1 aliphatic rings. The van der Waals surface area contributed by atoms with Crippen molar-refractivity contribution >= 4 is 11.6 Å². The van der Waals surface area contributed by atoms with Gasteiger partial charge in [-0.1, -0.05) is 0 Å². The first kappa shape index (κ1) is 12.8. The molecule has 2 rings (SSSR count). The summed E-state index contributed by atoms with van der Waals surface area (Å²) in [5, 5.41) is 14.0. The van der Waals surface area contributed by atoms with Gasteiger partial charge in [0.25, 0.3) is 0 Å². The maximum atomic E-state index is 10.9. The minimum atomic E-state index is -0.453. The van der Waals surface area contributed by atoms with Crippen LogP contribution in [0, 0.1) is 10.1 Å². The van der Waals surface area contributed by atoms with Crippen LogP contribution in [0.4, 0.5) is 11.6 Å². The highest BCUT2D eigenvalue weighted by atomic mass is 16.6. The molecule has 0 amide bonds. The molecule has 1 aliphatic carbocycles. The van der Waals surface area contributed by atoms with Crippen molar-refractivity contribution < 1.29 is 4.92 Å². The fourth-order valence-electron chi connectivity index (χ4n) is 2.37. The fraction of sp³-hybridized carbons (Fsp3) is 0.727. The average Bonchev–Trinajstić information content (AvgIpc) is 2.58. The number of aromatic nitrogens is 2. The van der Waals surface area contributed by atoms with Crippen LogP contribution in [-0.4, -0.2) is 45.6 Å². The molecule has 18 heavy (non-hydrogen) atoms. The predicted molar refractivity (Wildman–Crippen MR) is 68.6 cm³/mol. The molecule has 1 aromatic rings. The zero-order valence-electron chi connectivity index (χ0n) is 11.0. The summed E-state index contributed by atoms with van der Waals surface area (Å²) in [7, 11) is 5.86. The van der Waals surface area contributed by atoms with Crippen molar-refractivity contribution in [2.24, 2.45) is 7.05 Å². The Morgan fingerprint density at radius 3 is 2.72 bits per heavy atom. The van der Waals surface area contributed by atoms with Gasteiger partial charge in [0.2, 0.25) is 12.1 Å². The largest absolute Gasteiger partial charge is 0.406 e. The molecule has 1 N–H and O–H groups in total. The Labute approximate surface area is 106 Å². The summed E-state index contributed by atoms with van der Waals surface area (Å²) >= 11 is 0. The van der Waals surface area contributed by atoms with E-state index in [1.165, 1.54) is 12.7 Å². The summed E-state index contributed by atoms with van der Waals surface area (Å²) in [6.45, 7) is 0.709. The Kier molecular flexibility index (Phi) is 3.25. The molecule has 0 radical (unpaired) electrons. The van der Waals surface area contributed by atoms with Crippen LogP contribution in [0.2, 0.25) is 0 Å². The standard InChI is InChI=1S/C11H19N5O2/c1-14(2)11(5-4-6-11)7-12-9-10(16(17)18)13-8-15(9)3/h8,12H,4-7H2,1-3H3. The summed E-state index contributed by atoms with van der Waals surface area (Å²) in [6, 6.07) is 0. The first-order valence-electron chi connectivity index (χ1n) is 6.03. The lowest BCUT2D eigenvalue weighted by Crippen LogP contribution is -2.54. The number of nitrogens with one attached hydrogen (secondary N) is 1. The molecule has 0 spiro atoms. The van der Waals surface area contributed by atoms with E-state index in [1.54, 1.807) is 11.6 Å². The van der Waals surface area contributed by atoms with Crippen molar-refractivity contribution in [2.45, 2.75) is 24.8 Å². The average molecular weight is 253 g/mol. The van der Waals surface area contributed by atoms with Crippen LogP contribution in [0.25, 0.3) is 0 Å². The number of hydrogen-bond acceptors (Lipinski definition) is 5. The minimum Gasteiger partial charge on any atom is -0.362 e. The molecule has 0 aliphatic heterocycles. The van der Waals surface area contributed by atoms with Gasteiger partial charge in [0.1, 0.15) is 0 Å². The van der Waals surface area contributed by atoms with Gasteiger partial charge in [0, 0.05) is 19.1 Å². The molecule has 0 aromatic carbocycles. The van der Waals surface area contributed by atoms with Gasteiger partial charge in [-0.3, -0.25) is 4.57 Å². The number of aryl methyl sites for hydroxylation is 1. The molecule has 1 fully saturated rings. The van der Waals surface area contributed by atoms with E-state index >= 15 is 0 Å². The summed E-state index contributed by atoms with van der Waals surface area (Å²) < 4.78 is 1.65. The van der Waals surface area contributed by atoms with Crippen LogP contribution in [-0.2, 0) is 7.05 Å². The van der Waals surface area contributed by atoms with E-state index in [2.05, 4.69) is 29.3 Å². The SMILES string of the molecule is CN(C)C1(CNc2c([N+](=O)[O-])ncn2C)CCC1. The molecule has 1 aromatic heterocycles. The quantitative estimate of drug-likeness (QED) is 0.630. The van der Waals surface area contributed by atoms with Crippen molar-refractivity contribution in [3.05, 3.63) is 16.4 Å². The molecule has 0 saturated heterocycles. The fourth-order valence-corrected chi connectivity index (χ4v) is 2.37. The van der Waals surface area contributed by atoms with Crippen LogP contribution in [0.15, 0.2) is 6.33 Å². The third-order valence-electron chi connectivity index (χ3n) is 3.91. The lowest BCUT2D eigenvalue weighted by atomic mass is 9.75. The molecule has 1 saturated carbocycles. The van der Waals surface area contributed by atoms with Gasteiger partial charge >= 0.3 is 5.82 Å². The number of nitrogens with zero attached hydrogens (tertiary/aromatic N) is 4. The van der Waals surface area contributed by atoms with Gasteiger partial charge in [-0.15, -0.1) is 0 Å². The first-order chi connectivity index (χ1) is 8.46. The van der Waals surface area contributed by atoms with Crippen molar-refractivity contribution in [3.63, 3.8) is 0 Å². The second-order valence-corrected chi connectivity index (χ2v) is 5.11. The second-order valence-electron chi connectivity index (χ2n) is 5.11. The molecule has 7 heteroatoms. The van der Waals surface area contributed by atoms with E-state index in [9.17, 15) is 10.1 Å². The Morgan fingerprint density at radius 2 is 2.28 bits per heavy atom. The van der Waals surface area contributed by atoms with E-state index in [0.717, 1.165) is 12.8 Å². The number of anilines is 1. The topological polar surface area (TPSA) is 76.2 Å². The Balaban J connectivity index is 2.10. The molecule has 1 heterocycles. The third kappa shape index (κ3) is 2.05. The first-order valence-corrected chi connectivity index (χ1v) is 6.03. The normalized spacial score (nSPS) is 17.6. The monoisotopic (exact) mass is 253 g/mol. The van der Waals surface area contributed by atoms with Crippen LogP contribution in [0.5, 0.6) is 0 Å². The lowest BCUT2D eigenvalue weighted by molar-refractivity contribution is -0.388. The second kappa shape index (κ2) is 4.56. The Bertz CT molecular complexity index is 450. The van der Waals surface area contributed by atoms with E-state index < -0.39 is 4.92 Å². The highest BCUT2D eigenvalue weighted by Crippen LogP contribution is 2.36. The number of imidazole rings is 1. The van der Waals surface area contributed by atoms with Crippen molar-refractivity contribution in [3.8, 4) is 0 Å². The lowest BCUT2D eigenvalue weighted by Gasteiger charge is -2.47. The zero-order chi connectivity index (χ0) is 13.3. The molecule has 100 valence electrons. The van der Waals surface area contributed by atoms with Crippen LogP contribution < -0.4 is 5.32 Å².